The Hall–Kier alpha value is -0.860. The minimum Gasteiger partial charge on any atom is -0.296 e. The summed E-state index contributed by atoms with van der Waals surface area (Å²) >= 11 is 0. The normalized spacial score (nSPS) is 40.8. The number of hydrogen-bond donors (Lipinski definition) is 1. The molecule has 0 bridgehead atoms. The van der Waals surface area contributed by atoms with E-state index >= 15 is 0 Å². The Balaban J connectivity index is 2.32. The predicted octanol–water partition coefficient (Wildman–Crippen LogP) is 0.305. The SMILES string of the molecule is CC(C)[C@]12C[C@H]1C(=O)NC2=O. The molecule has 2 rings (SSSR count). The number of amides is 2. The quantitative estimate of drug-likeness (QED) is 0.551. The Bertz CT molecular complexity index is 246. The number of imide groups is 1. The monoisotopic (exact) mass is 153 g/mol. The molecule has 1 aliphatic heterocycles. The number of fused-ring (bicyclic) bond motifs is 1. The van der Waals surface area contributed by atoms with Gasteiger partial charge in [-0.25, -0.2) is 0 Å². The molecule has 3 heteroatoms. The smallest absolute Gasteiger partial charge is 0.233 e. The molecule has 0 radical (unpaired) electrons. The number of piperidine rings is 1. The lowest BCUT2D eigenvalue weighted by Gasteiger charge is -2.12. The number of carbonyl (C=O) groups is 2. The van der Waals surface area contributed by atoms with Crippen LogP contribution in [0.2, 0.25) is 0 Å². The summed E-state index contributed by atoms with van der Waals surface area (Å²) in [4.78, 5) is 22.3. The van der Waals surface area contributed by atoms with Gasteiger partial charge in [0.1, 0.15) is 0 Å². The first-order chi connectivity index (χ1) is 5.09. The first kappa shape index (κ1) is 6.83. The second kappa shape index (κ2) is 1.65. The van der Waals surface area contributed by atoms with Gasteiger partial charge in [0.2, 0.25) is 11.8 Å². The lowest BCUT2D eigenvalue weighted by Crippen LogP contribution is -2.30. The molecule has 1 aliphatic carbocycles. The summed E-state index contributed by atoms with van der Waals surface area (Å²) in [5.41, 5.74) is -0.308. The summed E-state index contributed by atoms with van der Waals surface area (Å²) < 4.78 is 0. The second-order valence-electron chi connectivity index (χ2n) is 3.77. The highest BCUT2D eigenvalue weighted by molar-refractivity contribution is 6.11. The predicted molar refractivity (Wildman–Crippen MR) is 38.5 cm³/mol. The Morgan fingerprint density at radius 3 is 2.36 bits per heavy atom. The molecule has 2 fully saturated rings. The van der Waals surface area contributed by atoms with Gasteiger partial charge in [0.25, 0.3) is 0 Å². The maximum Gasteiger partial charge on any atom is 0.233 e. The Labute approximate surface area is 65.2 Å². The Kier molecular flexibility index (Phi) is 1.03. The molecule has 0 unspecified atom stereocenters. The zero-order chi connectivity index (χ0) is 8.22. The van der Waals surface area contributed by atoms with Crippen LogP contribution in [-0.4, -0.2) is 11.8 Å². The van der Waals surface area contributed by atoms with Gasteiger partial charge in [0.15, 0.2) is 0 Å². The fraction of sp³-hybridized carbons (Fsp3) is 0.750. The van der Waals surface area contributed by atoms with Crippen molar-refractivity contribution in [3.05, 3.63) is 0 Å². The molecule has 1 saturated heterocycles. The van der Waals surface area contributed by atoms with Crippen molar-refractivity contribution in [3.8, 4) is 0 Å². The van der Waals surface area contributed by atoms with E-state index in [-0.39, 0.29) is 23.1 Å². The number of nitrogens with one attached hydrogen (secondary N) is 1. The zero-order valence-corrected chi connectivity index (χ0v) is 6.68. The van der Waals surface area contributed by atoms with E-state index in [9.17, 15) is 9.59 Å². The van der Waals surface area contributed by atoms with Crippen molar-refractivity contribution in [1.29, 1.82) is 0 Å². The van der Waals surface area contributed by atoms with E-state index in [4.69, 9.17) is 0 Å². The first-order valence-corrected chi connectivity index (χ1v) is 3.94. The van der Waals surface area contributed by atoms with Crippen molar-refractivity contribution >= 4 is 11.8 Å². The van der Waals surface area contributed by atoms with Crippen LogP contribution in [0.3, 0.4) is 0 Å². The van der Waals surface area contributed by atoms with Crippen LogP contribution in [-0.2, 0) is 9.59 Å². The van der Waals surface area contributed by atoms with Crippen LogP contribution in [0.5, 0.6) is 0 Å². The van der Waals surface area contributed by atoms with Gasteiger partial charge in [-0.15, -0.1) is 0 Å². The lowest BCUT2D eigenvalue weighted by atomic mass is 9.91. The third kappa shape index (κ3) is 0.588. The van der Waals surface area contributed by atoms with Gasteiger partial charge in [-0.05, 0) is 12.3 Å². The summed E-state index contributed by atoms with van der Waals surface area (Å²) in [6.45, 7) is 4.00. The average molecular weight is 153 g/mol. The van der Waals surface area contributed by atoms with Gasteiger partial charge in [-0.2, -0.15) is 0 Å². The van der Waals surface area contributed by atoms with Crippen molar-refractivity contribution in [1.82, 2.24) is 5.32 Å². The molecular formula is C8H11NO2. The van der Waals surface area contributed by atoms with Crippen LogP contribution in [0, 0.1) is 17.3 Å². The fourth-order valence-electron chi connectivity index (χ4n) is 2.07. The number of hydrogen-bond acceptors (Lipinski definition) is 2. The van der Waals surface area contributed by atoms with Crippen LogP contribution in [0.25, 0.3) is 0 Å². The van der Waals surface area contributed by atoms with Crippen molar-refractivity contribution in [2.75, 3.05) is 0 Å². The summed E-state index contributed by atoms with van der Waals surface area (Å²) in [7, 11) is 0. The Morgan fingerprint density at radius 2 is 2.18 bits per heavy atom. The maximum atomic E-state index is 11.3. The van der Waals surface area contributed by atoms with Crippen LogP contribution in [0.4, 0.5) is 0 Å². The molecule has 1 saturated carbocycles. The zero-order valence-electron chi connectivity index (χ0n) is 6.68. The molecule has 0 spiro atoms. The highest BCUT2D eigenvalue weighted by atomic mass is 16.2. The largest absolute Gasteiger partial charge is 0.296 e. The molecule has 2 amide bonds. The van der Waals surface area contributed by atoms with Crippen molar-refractivity contribution < 1.29 is 9.59 Å². The molecule has 1 N–H and O–H groups in total. The van der Waals surface area contributed by atoms with Crippen LogP contribution in [0.1, 0.15) is 20.3 Å². The molecule has 1 heterocycles. The van der Waals surface area contributed by atoms with Crippen molar-refractivity contribution in [2.24, 2.45) is 17.3 Å². The molecule has 11 heavy (non-hydrogen) atoms. The molecule has 0 aromatic heterocycles. The van der Waals surface area contributed by atoms with E-state index in [0.29, 0.717) is 5.92 Å². The topological polar surface area (TPSA) is 46.2 Å². The van der Waals surface area contributed by atoms with Crippen LogP contribution < -0.4 is 5.32 Å². The fourth-order valence-corrected chi connectivity index (χ4v) is 2.07. The minimum atomic E-state index is -0.308. The average Bonchev–Trinajstić information content (AvgIpc) is 2.56. The third-order valence-corrected chi connectivity index (χ3v) is 3.01. The van der Waals surface area contributed by atoms with E-state index in [2.05, 4.69) is 5.32 Å². The summed E-state index contributed by atoms with van der Waals surface area (Å²) in [5.74, 6) is 0.167. The summed E-state index contributed by atoms with van der Waals surface area (Å²) in [6, 6.07) is 0. The highest BCUT2D eigenvalue weighted by Crippen LogP contribution is 2.60. The molecule has 3 nitrogen and oxygen atoms in total. The lowest BCUT2D eigenvalue weighted by molar-refractivity contribution is -0.129. The summed E-state index contributed by atoms with van der Waals surface area (Å²) in [5, 5.41) is 2.36. The van der Waals surface area contributed by atoms with E-state index in [1.54, 1.807) is 0 Å². The standard InChI is InChI=1S/C8H11NO2/c1-4(2)8-3-5(8)6(10)9-7(8)11/h4-5H,3H2,1-2H3,(H,9,10,11)/t5-,8+/m0/s1. The maximum absolute atomic E-state index is 11.3. The van der Waals surface area contributed by atoms with Gasteiger partial charge in [-0.3, -0.25) is 14.9 Å². The van der Waals surface area contributed by atoms with E-state index < -0.39 is 0 Å². The highest BCUT2D eigenvalue weighted by Gasteiger charge is 2.69. The van der Waals surface area contributed by atoms with Crippen LogP contribution in [0.15, 0.2) is 0 Å². The van der Waals surface area contributed by atoms with Crippen molar-refractivity contribution in [3.63, 3.8) is 0 Å². The van der Waals surface area contributed by atoms with E-state index in [1.165, 1.54) is 0 Å². The molecular weight excluding hydrogens is 142 g/mol. The summed E-state index contributed by atoms with van der Waals surface area (Å²) in [6.07, 6.45) is 0.773. The molecule has 60 valence electrons. The minimum absolute atomic E-state index is 0.00463. The molecule has 2 aliphatic rings. The van der Waals surface area contributed by atoms with Gasteiger partial charge >= 0.3 is 0 Å². The number of carbonyl (C=O) groups excluding carboxylic acids is 2. The number of rotatable bonds is 1. The van der Waals surface area contributed by atoms with E-state index in [0.717, 1.165) is 6.42 Å². The molecule has 0 aromatic carbocycles. The van der Waals surface area contributed by atoms with Gasteiger partial charge in [0, 0.05) is 0 Å². The molecule has 2 atom stereocenters. The third-order valence-electron chi connectivity index (χ3n) is 3.01. The van der Waals surface area contributed by atoms with Gasteiger partial charge in [-0.1, -0.05) is 13.8 Å². The van der Waals surface area contributed by atoms with Gasteiger partial charge in [0.05, 0.1) is 11.3 Å². The van der Waals surface area contributed by atoms with Gasteiger partial charge < -0.3 is 0 Å². The van der Waals surface area contributed by atoms with E-state index in [1.807, 2.05) is 13.8 Å². The van der Waals surface area contributed by atoms with Crippen molar-refractivity contribution in [2.45, 2.75) is 20.3 Å². The molecule has 0 aromatic rings. The first-order valence-electron chi connectivity index (χ1n) is 3.94. The second-order valence-corrected chi connectivity index (χ2v) is 3.77. The van der Waals surface area contributed by atoms with Crippen LogP contribution >= 0.6 is 0 Å². The Morgan fingerprint density at radius 1 is 1.55 bits per heavy atom.